The van der Waals surface area contributed by atoms with Crippen LogP contribution in [0.1, 0.15) is 34.6 Å². The molecule has 0 saturated heterocycles. The van der Waals surface area contributed by atoms with Gasteiger partial charge in [-0.2, -0.15) is 0 Å². The number of amides is 1. The lowest BCUT2D eigenvalue weighted by Gasteiger charge is -2.30. The molecule has 27 heavy (non-hydrogen) atoms. The standard InChI is InChI=1S/C21H21N5O/c1-11-8-13(9-11)24-20-12(2)23-17-5-3-4-14(19(17)26-20)18-10-15-16(25-18)6-7-22-21(15)27/h3-5,10,13,25H,1,6-9H2,2H3,(H,22,27)(H,24,26). The third-order valence-electron chi connectivity index (χ3n) is 5.37. The van der Waals surface area contributed by atoms with Crippen LogP contribution >= 0.6 is 0 Å². The van der Waals surface area contributed by atoms with E-state index in [4.69, 9.17) is 9.97 Å². The van der Waals surface area contributed by atoms with E-state index in [1.165, 1.54) is 5.57 Å². The zero-order chi connectivity index (χ0) is 18.5. The van der Waals surface area contributed by atoms with Gasteiger partial charge in [0.1, 0.15) is 11.3 Å². The number of rotatable bonds is 3. The number of aryl methyl sites for hydroxylation is 1. The lowest BCUT2D eigenvalue weighted by molar-refractivity contribution is 0.0946. The normalized spacial score (nSPS) is 16.8. The Morgan fingerprint density at radius 3 is 2.85 bits per heavy atom. The van der Waals surface area contributed by atoms with Crippen molar-refractivity contribution in [3.8, 4) is 11.3 Å². The Hall–Kier alpha value is -3.15. The van der Waals surface area contributed by atoms with E-state index >= 15 is 0 Å². The summed E-state index contributed by atoms with van der Waals surface area (Å²) in [5, 5.41) is 6.39. The number of hydrogen-bond acceptors (Lipinski definition) is 4. The first kappa shape index (κ1) is 16.1. The summed E-state index contributed by atoms with van der Waals surface area (Å²) >= 11 is 0. The number of fused-ring (bicyclic) bond motifs is 2. The van der Waals surface area contributed by atoms with Crippen molar-refractivity contribution in [3.63, 3.8) is 0 Å². The van der Waals surface area contributed by atoms with Crippen LogP contribution < -0.4 is 10.6 Å². The number of H-pyrrole nitrogens is 1. The van der Waals surface area contributed by atoms with Gasteiger partial charge in [0, 0.05) is 36.0 Å². The first-order valence-electron chi connectivity index (χ1n) is 9.29. The number of hydrogen-bond donors (Lipinski definition) is 3. The molecule has 6 nitrogen and oxygen atoms in total. The zero-order valence-corrected chi connectivity index (χ0v) is 15.2. The Kier molecular flexibility index (Phi) is 3.53. The molecule has 1 aliphatic carbocycles. The van der Waals surface area contributed by atoms with Gasteiger partial charge in [-0.3, -0.25) is 4.79 Å². The highest BCUT2D eigenvalue weighted by molar-refractivity contribution is 5.99. The Balaban J connectivity index is 1.60. The van der Waals surface area contributed by atoms with Gasteiger partial charge in [-0.15, -0.1) is 0 Å². The minimum absolute atomic E-state index is 0.0199. The fourth-order valence-corrected chi connectivity index (χ4v) is 3.89. The summed E-state index contributed by atoms with van der Waals surface area (Å²) in [4.78, 5) is 25.2. The van der Waals surface area contributed by atoms with E-state index in [0.717, 1.165) is 64.3 Å². The van der Waals surface area contributed by atoms with Crippen LogP contribution in [0.15, 0.2) is 36.4 Å². The van der Waals surface area contributed by atoms with E-state index < -0.39 is 0 Å². The Morgan fingerprint density at radius 1 is 1.22 bits per heavy atom. The third-order valence-corrected chi connectivity index (χ3v) is 5.37. The molecule has 6 heteroatoms. The topological polar surface area (TPSA) is 82.7 Å². The molecule has 2 aromatic heterocycles. The molecule has 0 bridgehead atoms. The summed E-state index contributed by atoms with van der Waals surface area (Å²) in [6, 6.07) is 8.29. The lowest BCUT2D eigenvalue weighted by Crippen LogP contribution is -2.31. The molecule has 0 spiro atoms. The van der Waals surface area contributed by atoms with Gasteiger partial charge < -0.3 is 15.6 Å². The minimum atomic E-state index is -0.0199. The van der Waals surface area contributed by atoms with Gasteiger partial charge in [0.2, 0.25) is 0 Å². The molecule has 1 fully saturated rings. The predicted molar refractivity (Wildman–Crippen MR) is 106 cm³/mol. The van der Waals surface area contributed by atoms with E-state index in [1.807, 2.05) is 31.2 Å². The van der Waals surface area contributed by atoms with Crippen molar-refractivity contribution in [1.29, 1.82) is 0 Å². The molecule has 5 rings (SSSR count). The monoisotopic (exact) mass is 359 g/mol. The average Bonchev–Trinajstić information content (AvgIpc) is 3.06. The SMILES string of the molecule is C=C1CC(Nc2nc3c(-c4cc5c([nH]4)CCNC5=O)cccc3nc2C)C1. The van der Waals surface area contributed by atoms with Gasteiger partial charge in [-0.1, -0.05) is 24.3 Å². The molecule has 3 N–H and O–H groups in total. The van der Waals surface area contributed by atoms with Crippen LogP contribution in [0.5, 0.6) is 0 Å². The number of nitrogens with one attached hydrogen (secondary N) is 3. The molecule has 0 unspecified atom stereocenters. The van der Waals surface area contributed by atoms with Crippen LogP contribution in [0.4, 0.5) is 5.82 Å². The van der Waals surface area contributed by atoms with E-state index in [1.54, 1.807) is 0 Å². The molecular weight excluding hydrogens is 338 g/mol. The Morgan fingerprint density at radius 2 is 2.07 bits per heavy atom. The lowest BCUT2D eigenvalue weighted by atomic mass is 9.88. The zero-order valence-electron chi connectivity index (χ0n) is 15.2. The van der Waals surface area contributed by atoms with Gasteiger partial charge in [-0.25, -0.2) is 9.97 Å². The number of para-hydroxylation sites is 1. The molecular formula is C21H21N5O. The summed E-state index contributed by atoms with van der Waals surface area (Å²) < 4.78 is 0. The number of carbonyl (C=O) groups is 1. The molecule has 1 aromatic carbocycles. The maximum absolute atomic E-state index is 12.1. The Bertz CT molecular complexity index is 1090. The third kappa shape index (κ3) is 2.68. The molecule has 0 atom stereocenters. The van der Waals surface area contributed by atoms with E-state index in [-0.39, 0.29) is 5.91 Å². The second-order valence-corrected chi connectivity index (χ2v) is 7.41. The van der Waals surface area contributed by atoms with E-state index in [2.05, 4.69) is 22.2 Å². The van der Waals surface area contributed by atoms with Crippen molar-refractivity contribution >= 4 is 22.8 Å². The number of aromatic amines is 1. The number of anilines is 1. The van der Waals surface area contributed by atoms with Crippen LogP contribution in [0.25, 0.3) is 22.3 Å². The van der Waals surface area contributed by atoms with Crippen LogP contribution in [0.2, 0.25) is 0 Å². The smallest absolute Gasteiger partial charge is 0.253 e. The molecule has 3 aromatic rings. The van der Waals surface area contributed by atoms with Crippen LogP contribution in [-0.4, -0.2) is 33.4 Å². The van der Waals surface area contributed by atoms with Crippen molar-refractivity contribution in [2.45, 2.75) is 32.2 Å². The van der Waals surface area contributed by atoms with Crippen molar-refractivity contribution in [3.05, 3.63) is 53.4 Å². The summed E-state index contributed by atoms with van der Waals surface area (Å²) in [6.45, 7) is 6.65. The maximum atomic E-state index is 12.1. The van der Waals surface area contributed by atoms with Crippen molar-refractivity contribution < 1.29 is 4.79 Å². The highest BCUT2D eigenvalue weighted by Crippen LogP contribution is 2.32. The van der Waals surface area contributed by atoms with E-state index in [9.17, 15) is 4.79 Å². The fraction of sp³-hybridized carbons (Fsp3) is 0.286. The fourth-order valence-electron chi connectivity index (χ4n) is 3.89. The molecule has 0 radical (unpaired) electrons. The second-order valence-electron chi connectivity index (χ2n) is 7.41. The van der Waals surface area contributed by atoms with Gasteiger partial charge >= 0.3 is 0 Å². The molecule has 1 aliphatic heterocycles. The van der Waals surface area contributed by atoms with Gasteiger partial charge in [0.05, 0.1) is 16.8 Å². The highest BCUT2D eigenvalue weighted by Gasteiger charge is 2.24. The Labute approximate surface area is 157 Å². The maximum Gasteiger partial charge on any atom is 0.253 e. The van der Waals surface area contributed by atoms with E-state index in [0.29, 0.717) is 12.6 Å². The molecule has 2 aliphatic rings. The number of aromatic nitrogens is 3. The summed E-state index contributed by atoms with van der Waals surface area (Å²) in [5.41, 5.74) is 7.43. The predicted octanol–water partition coefficient (Wildman–Crippen LogP) is 3.35. The molecule has 3 heterocycles. The highest BCUT2D eigenvalue weighted by atomic mass is 16.1. The average molecular weight is 359 g/mol. The van der Waals surface area contributed by atoms with Gasteiger partial charge in [0.25, 0.3) is 5.91 Å². The molecule has 1 amide bonds. The van der Waals surface area contributed by atoms with Crippen LogP contribution in [-0.2, 0) is 6.42 Å². The van der Waals surface area contributed by atoms with Crippen molar-refractivity contribution in [2.75, 3.05) is 11.9 Å². The van der Waals surface area contributed by atoms with Crippen LogP contribution in [0.3, 0.4) is 0 Å². The first-order chi connectivity index (χ1) is 13.1. The number of benzene rings is 1. The summed E-state index contributed by atoms with van der Waals surface area (Å²) in [7, 11) is 0. The summed E-state index contributed by atoms with van der Waals surface area (Å²) in [5.74, 6) is 0.801. The largest absolute Gasteiger partial charge is 0.365 e. The second kappa shape index (κ2) is 5.94. The van der Waals surface area contributed by atoms with Gasteiger partial charge in [0.15, 0.2) is 0 Å². The van der Waals surface area contributed by atoms with Crippen LogP contribution in [0, 0.1) is 6.92 Å². The quantitative estimate of drug-likeness (QED) is 0.626. The number of nitrogens with zero attached hydrogens (tertiary/aromatic N) is 2. The first-order valence-corrected chi connectivity index (χ1v) is 9.29. The van der Waals surface area contributed by atoms with Gasteiger partial charge in [-0.05, 0) is 31.9 Å². The van der Waals surface area contributed by atoms with Crippen molar-refractivity contribution in [2.24, 2.45) is 0 Å². The van der Waals surface area contributed by atoms with Crippen molar-refractivity contribution in [1.82, 2.24) is 20.3 Å². The molecule has 136 valence electrons. The summed E-state index contributed by atoms with van der Waals surface area (Å²) in [6.07, 6.45) is 2.79. The molecule has 1 saturated carbocycles. The minimum Gasteiger partial charge on any atom is -0.365 e. The number of carbonyl (C=O) groups excluding carboxylic acids is 1.